The van der Waals surface area contributed by atoms with Crippen LogP contribution < -0.4 is 0 Å². The Kier molecular flexibility index (Phi) is 2.84. The van der Waals surface area contributed by atoms with Crippen molar-refractivity contribution in [2.75, 3.05) is 0 Å². The maximum Gasteiger partial charge on any atom is 0.145 e. The highest BCUT2D eigenvalue weighted by molar-refractivity contribution is 7.71. The zero-order chi connectivity index (χ0) is 8.27. The van der Waals surface area contributed by atoms with Crippen LogP contribution in [0.4, 0.5) is 0 Å². The van der Waals surface area contributed by atoms with Gasteiger partial charge in [-0.1, -0.05) is 11.6 Å². The third kappa shape index (κ3) is 2.48. The number of thiol groups is 1. The van der Waals surface area contributed by atoms with Gasteiger partial charge in [0.2, 0.25) is 0 Å². The highest BCUT2D eigenvalue weighted by Gasteiger charge is 2.00. The monoisotopic (exact) mass is 190 g/mol. The molecule has 1 aromatic rings. The molecule has 1 aromatic heterocycles. The van der Waals surface area contributed by atoms with E-state index in [1.807, 2.05) is 0 Å². The fourth-order valence-electron chi connectivity index (χ4n) is 0.609. The summed E-state index contributed by atoms with van der Waals surface area (Å²) in [6, 6.07) is 4.12. The highest BCUT2D eigenvalue weighted by Crippen LogP contribution is 2.11. The van der Waals surface area contributed by atoms with E-state index in [0.29, 0.717) is 10.7 Å². The lowest BCUT2D eigenvalue weighted by atomic mass is 10.4. The fourth-order valence-corrected chi connectivity index (χ4v) is 1.38. The summed E-state index contributed by atoms with van der Waals surface area (Å²) in [5.41, 5.74) is 0.376. The van der Waals surface area contributed by atoms with Crippen molar-refractivity contribution >= 4 is 22.3 Å². The van der Waals surface area contributed by atoms with Crippen LogP contribution in [0.25, 0.3) is 0 Å². The lowest BCUT2D eigenvalue weighted by molar-refractivity contribution is 0.613. The molecule has 0 saturated heterocycles. The summed E-state index contributed by atoms with van der Waals surface area (Å²) in [4.78, 5) is 3.75. The van der Waals surface area contributed by atoms with E-state index in [2.05, 4.69) is 11.1 Å². The molecule has 0 aliphatic heterocycles. The van der Waals surface area contributed by atoms with Crippen LogP contribution >= 0.6 is 11.6 Å². The van der Waals surface area contributed by atoms with Crippen LogP contribution in [0.3, 0.4) is 0 Å². The van der Waals surface area contributed by atoms with Crippen molar-refractivity contribution in [3.8, 4) is 0 Å². The Morgan fingerprint density at radius 1 is 1.64 bits per heavy atom. The first-order valence-corrected chi connectivity index (χ1v) is 4.56. The molecule has 11 heavy (non-hydrogen) atoms. The van der Waals surface area contributed by atoms with Gasteiger partial charge >= 0.3 is 0 Å². The van der Waals surface area contributed by atoms with E-state index in [9.17, 15) is 8.42 Å². The smallest absolute Gasteiger partial charge is 0.145 e. The predicted octanol–water partition coefficient (Wildman–Crippen LogP) is 0.647. The maximum absolute atomic E-state index is 10.2. The van der Waals surface area contributed by atoms with Gasteiger partial charge in [-0.15, -0.1) is 0 Å². The van der Waals surface area contributed by atoms with Gasteiger partial charge in [-0.25, -0.2) is 8.42 Å². The summed E-state index contributed by atoms with van der Waals surface area (Å²) in [6.45, 7) is 0. The zero-order valence-corrected chi connectivity index (χ0v) is 7.10. The number of rotatable bonds is 2. The molecule has 0 aliphatic carbocycles. The minimum atomic E-state index is -2.45. The Bertz CT molecular complexity index is 316. The summed E-state index contributed by atoms with van der Waals surface area (Å²) in [5, 5.41) is 0.340. The molecule has 0 bridgehead atoms. The van der Waals surface area contributed by atoms with E-state index in [-0.39, 0.29) is 5.75 Å². The average molecular weight is 191 g/mol. The van der Waals surface area contributed by atoms with Gasteiger partial charge in [0.1, 0.15) is 10.7 Å². The minimum Gasteiger partial charge on any atom is -0.258 e. The van der Waals surface area contributed by atoms with Gasteiger partial charge < -0.3 is 0 Å². The normalized spacial score (nSPS) is 10.4. The molecule has 5 heteroatoms. The summed E-state index contributed by atoms with van der Waals surface area (Å²) >= 11 is 5.61. The number of halogens is 1. The molecule has 1 rings (SSSR count). The summed E-state index contributed by atoms with van der Waals surface area (Å²) < 4.78 is 20.5. The van der Waals surface area contributed by atoms with Gasteiger partial charge in [-0.2, -0.15) is 0 Å². The van der Waals surface area contributed by atoms with E-state index < -0.39 is 10.7 Å². The Morgan fingerprint density at radius 3 is 2.91 bits per heavy atom. The van der Waals surface area contributed by atoms with Crippen LogP contribution in [0.5, 0.6) is 0 Å². The predicted molar refractivity (Wildman–Crippen MR) is 42.1 cm³/mol. The molecule has 0 amide bonds. The third-order valence-corrected chi connectivity index (χ3v) is 1.94. The first kappa shape index (κ1) is 8.49. The van der Waals surface area contributed by atoms with Gasteiger partial charge in [-0.3, -0.25) is 4.98 Å². The van der Waals surface area contributed by atoms with E-state index in [4.69, 9.17) is 11.6 Å². The summed E-state index contributed by atoms with van der Waals surface area (Å²) in [7, 11) is -2.45. The zero-order valence-electron chi connectivity index (χ0n) is 5.45. The molecule has 0 atom stereocenters. The Labute approximate surface area is 71.0 Å². The molecular weight excluding hydrogens is 186 g/mol. The van der Waals surface area contributed by atoms with Crippen molar-refractivity contribution in [2.24, 2.45) is 0 Å². The molecule has 1 heterocycles. The van der Waals surface area contributed by atoms with Crippen molar-refractivity contribution in [3.63, 3.8) is 0 Å². The van der Waals surface area contributed by atoms with Gasteiger partial charge in [-0.05, 0) is 6.07 Å². The Hall–Kier alpha value is -0.610. The van der Waals surface area contributed by atoms with Crippen LogP contribution in [-0.4, -0.2) is 13.4 Å². The maximum atomic E-state index is 10.2. The lowest BCUT2D eigenvalue weighted by Crippen LogP contribution is -1.91. The fraction of sp³-hybridized carbons (Fsp3) is 0.167. The molecule has 3 nitrogen and oxygen atoms in total. The van der Waals surface area contributed by atoms with Crippen LogP contribution in [0.1, 0.15) is 5.69 Å². The van der Waals surface area contributed by atoms with Crippen molar-refractivity contribution in [1.29, 1.82) is 0 Å². The topological polar surface area (TPSA) is 47.0 Å². The molecule has 0 N–H and O–H groups in total. The van der Waals surface area contributed by atoms with Crippen molar-refractivity contribution in [1.82, 2.24) is 4.98 Å². The standard InChI is InChI=1S/C6H5ClNO2S/c7-5-2-1-3-8-6(5)4-11(9)10/h2-3,11H,4H2. The Morgan fingerprint density at radius 2 is 2.36 bits per heavy atom. The molecule has 0 spiro atoms. The van der Waals surface area contributed by atoms with Gasteiger partial charge in [0.15, 0.2) is 0 Å². The van der Waals surface area contributed by atoms with Crippen molar-refractivity contribution < 1.29 is 8.42 Å². The third-order valence-electron chi connectivity index (χ3n) is 1.06. The van der Waals surface area contributed by atoms with E-state index in [1.165, 1.54) is 12.3 Å². The largest absolute Gasteiger partial charge is 0.258 e. The molecule has 0 aromatic carbocycles. The second-order valence-corrected chi connectivity index (χ2v) is 3.24. The molecular formula is C6H5ClNO2S. The molecule has 0 aliphatic rings. The SMILES string of the molecule is O=[SH](=O)Cc1nc[c]cc1Cl. The Balaban J connectivity index is 2.94. The molecule has 59 valence electrons. The number of hydrogen-bond donors (Lipinski definition) is 1. The number of aromatic nitrogens is 1. The van der Waals surface area contributed by atoms with Crippen LogP contribution in [0.2, 0.25) is 5.02 Å². The van der Waals surface area contributed by atoms with Crippen LogP contribution in [0.15, 0.2) is 12.3 Å². The molecule has 0 fully saturated rings. The van der Waals surface area contributed by atoms with E-state index >= 15 is 0 Å². The molecule has 0 unspecified atom stereocenters. The number of pyridine rings is 1. The summed E-state index contributed by atoms with van der Waals surface area (Å²) in [5.74, 6) is -0.108. The quantitative estimate of drug-likeness (QED) is 0.697. The first-order chi connectivity index (χ1) is 5.20. The highest BCUT2D eigenvalue weighted by atomic mass is 35.5. The van der Waals surface area contributed by atoms with Gasteiger partial charge in [0.05, 0.1) is 16.5 Å². The summed E-state index contributed by atoms with van der Waals surface area (Å²) in [6.07, 6.45) is 1.39. The van der Waals surface area contributed by atoms with Gasteiger partial charge in [0, 0.05) is 12.3 Å². The van der Waals surface area contributed by atoms with E-state index in [0.717, 1.165) is 0 Å². The minimum absolute atomic E-state index is 0.108. The molecule has 0 saturated carbocycles. The molecule has 1 radical (unpaired) electrons. The van der Waals surface area contributed by atoms with Crippen LogP contribution in [-0.2, 0) is 16.5 Å². The van der Waals surface area contributed by atoms with Crippen molar-refractivity contribution in [2.45, 2.75) is 5.75 Å². The van der Waals surface area contributed by atoms with E-state index in [1.54, 1.807) is 0 Å². The number of hydrogen-bond acceptors (Lipinski definition) is 3. The second-order valence-electron chi connectivity index (χ2n) is 1.85. The lowest BCUT2D eigenvalue weighted by Gasteiger charge is -1.94. The van der Waals surface area contributed by atoms with Crippen molar-refractivity contribution in [3.05, 3.63) is 29.0 Å². The van der Waals surface area contributed by atoms with Crippen LogP contribution in [0, 0.1) is 6.07 Å². The second kappa shape index (κ2) is 3.69. The van der Waals surface area contributed by atoms with Gasteiger partial charge in [0.25, 0.3) is 0 Å². The first-order valence-electron chi connectivity index (χ1n) is 2.82. The average Bonchev–Trinajstić information content (AvgIpc) is 1.93. The number of nitrogens with zero attached hydrogens (tertiary/aromatic N) is 1.